The number of ether oxygens (including phenoxy) is 1. The molecule has 2 heterocycles. The molecule has 0 radical (unpaired) electrons. The lowest BCUT2D eigenvalue weighted by atomic mass is 10.0. The number of benzene rings is 1. The molecule has 3 amide bonds. The fourth-order valence-corrected chi connectivity index (χ4v) is 3.75. The molecule has 0 saturated heterocycles. The number of carbonyl (C=O) groups is 2. The minimum atomic E-state index is -4.78. The van der Waals surface area contributed by atoms with Crippen molar-refractivity contribution in [3.8, 4) is 17.1 Å². The van der Waals surface area contributed by atoms with Crippen LogP contribution in [0.4, 0.5) is 18.0 Å². The maximum atomic E-state index is 13.6. The summed E-state index contributed by atoms with van der Waals surface area (Å²) in [6.07, 6.45) is -0.486. The standard InChI is InChI=1S/C24H29F3N6O3/c1-6-33(23(35)30-19(24(25,26)27)13-20(34)31(3)4)15(2)16-8-7-9-17(12-16)18-14-32-11-10-28-21(32)22(29-18)36-5/h7-12,14-15,19H,6,13H2,1-5H3,(H,30,35). The van der Waals surface area contributed by atoms with Crippen LogP contribution in [-0.2, 0) is 4.79 Å². The van der Waals surface area contributed by atoms with Crippen molar-refractivity contribution in [3.05, 3.63) is 48.4 Å². The van der Waals surface area contributed by atoms with Crippen molar-refractivity contribution in [3.63, 3.8) is 0 Å². The van der Waals surface area contributed by atoms with Crippen molar-refractivity contribution in [2.75, 3.05) is 27.7 Å². The summed E-state index contributed by atoms with van der Waals surface area (Å²) in [6, 6.07) is 3.45. The highest BCUT2D eigenvalue weighted by molar-refractivity contribution is 5.79. The Morgan fingerprint density at radius 2 is 1.97 bits per heavy atom. The van der Waals surface area contributed by atoms with Crippen LogP contribution in [0.5, 0.6) is 5.88 Å². The third-order valence-corrected chi connectivity index (χ3v) is 5.84. The number of alkyl halides is 3. The Balaban J connectivity index is 1.85. The monoisotopic (exact) mass is 506 g/mol. The van der Waals surface area contributed by atoms with Gasteiger partial charge in [-0.25, -0.2) is 14.8 Å². The van der Waals surface area contributed by atoms with Gasteiger partial charge in [-0.1, -0.05) is 18.2 Å². The van der Waals surface area contributed by atoms with Crippen LogP contribution in [-0.4, -0.2) is 76.1 Å². The van der Waals surface area contributed by atoms with E-state index < -0.39 is 36.6 Å². The van der Waals surface area contributed by atoms with Gasteiger partial charge in [-0.05, 0) is 25.5 Å². The summed E-state index contributed by atoms with van der Waals surface area (Å²) in [5.41, 5.74) is 2.59. The highest BCUT2D eigenvalue weighted by Crippen LogP contribution is 2.29. The molecule has 0 aliphatic carbocycles. The number of hydrogen-bond acceptors (Lipinski definition) is 5. The third-order valence-electron chi connectivity index (χ3n) is 5.84. The quantitative estimate of drug-likeness (QED) is 0.500. The molecule has 2 atom stereocenters. The number of aromatic nitrogens is 3. The minimum Gasteiger partial charge on any atom is -0.478 e. The first-order valence-corrected chi connectivity index (χ1v) is 11.3. The molecule has 2 unspecified atom stereocenters. The molecule has 0 saturated carbocycles. The largest absolute Gasteiger partial charge is 0.478 e. The van der Waals surface area contributed by atoms with E-state index in [1.807, 2.05) is 17.4 Å². The van der Waals surface area contributed by atoms with Gasteiger partial charge in [-0.2, -0.15) is 13.2 Å². The first kappa shape index (κ1) is 26.8. The summed E-state index contributed by atoms with van der Waals surface area (Å²) in [7, 11) is 4.22. The highest BCUT2D eigenvalue weighted by atomic mass is 19.4. The Morgan fingerprint density at radius 3 is 2.58 bits per heavy atom. The number of rotatable bonds is 8. The average Bonchev–Trinajstić information content (AvgIpc) is 3.31. The smallest absolute Gasteiger partial charge is 0.409 e. The van der Waals surface area contributed by atoms with Gasteiger partial charge in [0.05, 0.1) is 25.3 Å². The summed E-state index contributed by atoms with van der Waals surface area (Å²) in [5.74, 6) is -0.393. The highest BCUT2D eigenvalue weighted by Gasteiger charge is 2.43. The molecule has 1 aromatic carbocycles. The predicted molar refractivity (Wildman–Crippen MR) is 127 cm³/mol. The van der Waals surface area contributed by atoms with Crippen LogP contribution in [0, 0.1) is 0 Å². The Hall–Kier alpha value is -3.83. The number of hydrogen-bond donors (Lipinski definition) is 1. The van der Waals surface area contributed by atoms with Crippen LogP contribution in [0.2, 0.25) is 0 Å². The molecule has 1 N–H and O–H groups in total. The lowest BCUT2D eigenvalue weighted by molar-refractivity contribution is -0.162. The first-order chi connectivity index (χ1) is 17.0. The van der Waals surface area contributed by atoms with E-state index in [0.29, 0.717) is 22.8 Å². The lowest BCUT2D eigenvalue weighted by Gasteiger charge is -2.31. The molecule has 0 fully saturated rings. The zero-order valence-corrected chi connectivity index (χ0v) is 20.7. The molecular weight excluding hydrogens is 477 g/mol. The number of halogens is 3. The SMILES string of the molecule is CCN(C(=O)NC(CC(=O)N(C)C)C(F)(F)F)C(C)c1cccc(-c2cn3ccnc3c(OC)n2)c1. The molecule has 3 aromatic rings. The average molecular weight is 507 g/mol. The predicted octanol–water partition coefficient (Wildman–Crippen LogP) is 3.91. The molecule has 0 aliphatic heterocycles. The molecular formula is C24H29F3N6O3. The van der Waals surface area contributed by atoms with E-state index in [1.54, 1.807) is 49.0 Å². The van der Waals surface area contributed by atoms with Gasteiger partial charge in [0.15, 0.2) is 5.65 Å². The number of imidazole rings is 1. The maximum Gasteiger partial charge on any atom is 0.409 e. The van der Waals surface area contributed by atoms with E-state index in [0.717, 1.165) is 10.5 Å². The van der Waals surface area contributed by atoms with Crippen LogP contribution < -0.4 is 10.1 Å². The Morgan fingerprint density at radius 1 is 1.25 bits per heavy atom. The van der Waals surface area contributed by atoms with Gasteiger partial charge in [0, 0.05) is 44.8 Å². The summed E-state index contributed by atoms with van der Waals surface area (Å²) < 4.78 is 47.8. The lowest BCUT2D eigenvalue weighted by Crippen LogP contribution is -2.52. The third kappa shape index (κ3) is 5.86. The topological polar surface area (TPSA) is 92.1 Å². The minimum absolute atomic E-state index is 0.149. The number of urea groups is 1. The molecule has 12 heteroatoms. The van der Waals surface area contributed by atoms with Crippen LogP contribution in [0.15, 0.2) is 42.9 Å². The summed E-state index contributed by atoms with van der Waals surface area (Å²) in [5, 5.41) is 2.00. The van der Waals surface area contributed by atoms with Gasteiger partial charge < -0.3 is 24.3 Å². The van der Waals surface area contributed by atoms with E-state index in [4.69, 9.17) is 4.74 Å². The van der Waals surface area contributed by atoms with Crippen molar-refractivity contribution in [1.82, 2.24) is 29.5 Å². The van der Waals surface area contributed by atoms with Crippen LogP contribution in [0.25, 0.3) is 16.9 Å². The number of methoxy groups -OCH3 is 1. The van der Waals surface area contributed by atoms with Crippen molar-refractivity contribution >= 4 is 17.6 Å². The molecule has 36 heavy (non-hydrogen) atoms. The van der Waals surface area contributed by atoms with Crippen LogP contribution >= 0.6 is 0 Å². The van der Waals surface area contributed by atoms with Gasteiger partial charge in [0.1, 0.15) is 6.04 Å². The summed E-state index contributed by atoms with van der Waals surface area (Å²) >= 11 is 0. The van der Waals surface area contributed by atoms with Gasteiger partial charge in [0.2, 0.25) is 5.91 Å². The van der Waals surface area contributed by atoms with Gasteiger partial charge >= 0.3 is 12.2 Å². The van der Waals surface area contributed by atoms with Gasteiger partial charge in [-0.15, -0.1) is 0 Å². The first-order valence-electron chi connectivity index (χ1n) is 11.3. The fourth-order valence-electron chi connectivity index (χ4n) is 3.75. The van der Waals surface area contributed by atoms with E-state index in [-0.39, 0.29) is 6.54 Å². The number of amides is 3. The second kappa shape index (κ2) is 10.8. The number of nitrogens with zero attached hydrogens (tertiary/aromatic N) is 5. The van der Waals surface area contributed by atoms with E-state index in [9.17, 15) is 22.8 Å². The second-order valence-electron chi connectivity index (χ2n) is 8.42. The Bertz CT molecular complexity index is 1230. The summed E-state index contributed by atoms with van der Waals surface area (Å²) in [6.45, 7) is 3.55. The zero-order chi connectivity index (χ0) is 26.6. The molecule has 9 nitrogen and oxygen atoms in total. The maximum absolute atomic E-state index is 13.6. The fraction of sp³-hybridized carbons (Fsp3) is 0.417. The number of carbonyl (C=O) groups excluding carboxylic acids is 2. The Labute approximate surface area is 206 Å². The molecule has 0 bridgehead atoms. The molecule has 2 aromatic heterocycles. The van der Waals surface area contributed by atoms with E-state index in [1.165, 1.54) is 26.1 Å². The Kier molecular flexibility index (Phi) is 8.06. The molecule has 194 valence electrons. The van der Waals surface area contributed by atoms with Crippen molar-refractivity contribution < 1.29 is 27.5 Å². The van der Waals surface area contributed by atoms with Crippen molar-refractivity contribution in [2.45, 2.75) is 38.5 Å². The normalized spacial score (nSPS) is 13.2. The summed E-state index contributed by atoms with van der Waals surface area (Å²) in [4.78, 5) is 35.9. The number of nitrogens with one attached hydrogen (secondary N) is 1. The van der Waals surface area contributed by atoms with Crippen LogP contribution in [0.3, 0.4) is 0 Å². The van der Waals surface area contributed by atoms with Crippen molar-refractivity contribution in [2.24, 2.45) is 0 Å². The second-order valence-corrected chi connectivity index (χ2v) is 8.42. The molecule has 0 spiro atoms. The van der Waals surface area contributed by atoms with Gasteiger partial charge in [0.25, 0.3) is 5.88 Å². The molecule has 3 rings (SSSR count). The van der Waals surface area contributed by atoms with Gasteiger partial charge in [-0.3, -0.25) is 4.79 Å². The molecule has 0 aliphatic rings. The zero-order valence-electron chi connectivity index (χ0n) is 20.7. The number of fused-ring (bicyclic) bond motifs is 1. The van der Waals surface area contributed by atoms with Crippen molar-refractivity contribution in [1.29, 1.82) is 0 Å². The van der Waals surface area contributed by atoms with E-state index in [2.05, 4.69) is 9.97 Å². The van der Waals surface area contributed by atoms with Crippen LogP contribution in [0.1, 0.15) is 31.9 Å². The van der Waals surface area contributed by atoms with E-state index >= 15 is 0 Å².